The van der Waals surface area contributed by atoms with Crippen molar-refractivity contribution >= 4 is 43.7 Å². The largest absolute Gasteiger partial charge is 0.454 e. The predicted molar refractivity (Wildman–Crippen MR) is 203 cm³/mol. The molecule has 10 aromatic rings. The van der Waals surface area contributed by atoms with Crippen LogP contribution in [0.4, 0.5) is 0 Å². The van der Waals surface area contributed by atoms with Crippen molar-refractivity contribution in [1.29, 1.82) is 0 Å². The molecule has 50 heavy (non-hydrogen) atoms. The van der Waals surface area contributed by atoms with Crippen LogP contribution in [0.5, 0.6) is 0 Å². The molecule has 0 amide bonds. The van der Waals surface area contributed by atoms with Gasteiger partial charge in [0.1, 0.15) is 5.58 Å². The molecule has 0 radical (unpaired) electrons. The standard InChI is InChI=1S/C45H28N4O/c1-3-12-29(13-4-1)30-22-24-32(25-23-30)44-46-43(31-14-5-2-6-15-31)47-45(48-44)33-26-27-41-37(28-33)36-18-11-21-40(42(36)50-41)49-38-19-9-7-16-34(38)35-17-8-10-20-39(35)49/h1-28H/i7D,8D,9D,10D,16D,17D,19D,20D. The van der Waals surface area contributed by atoms with Crippen molar-refractivity contribution in [2.24, 2.45) is 0 Å². The molecule has 0 aliphatic heterocycles. The van der Waals surface area contributed by atoms with E-state index < -0.39 is 36.3 Å². The normalized spacial score (nSPS) is 13.8. The number of rotatable bonds is 5. The van der Waals surface area contributed by atoms with E-state index in [2.05, 4.69) is 12.1 Å². The van der Waals surface area contributed by atoms with Gasteiger partial charge in [-0.2, -0.15) is 0 Å². The number of aromatic nitrogens is 4. The molecule has 0 saturated carbocycles. The maximum absolute atomic E-state index is 8.97. The molecule has 0 aliphatic rings. The van der Waals surface area contributed by atoms with Gasteiger partial charge >= 0.3 is 0 Å². The van der Waals surface area contributed by atoms with Crippen molar-refractivity contribution in [2.45, 2.75) is 0 Å². The molecule has 0 atom stereocenters. The molecule has 0 saturated heterocycles. The van der Waals surface area contributed by atoms with Gasteiger partial charge in [0.15, 0.2) is 23.1 Å². The van der Waals surface area contributed by atoms with Crippen molar-refractivity contribution in [3.8, 4) is 51.0 Å². The summed E-state index contributed by atoms with van der Waals surface area (Å²) in [5.74, 6) is 1.45. The van der Waals surface area contributed by atoms with Crippen LogP contribution in [0.25, 0.3) is 94.7 Å². The van der Waals surface area contributed by atoms with Gasteiger partial charge in [-0.1, -0.05) is 133 Å². The molecule has 0 aliphatic carbocycles. The van der Waals surface area contributed by atoms with E-state index in [1.54, 1.807) is 12.1 Å². The lowest BCUT2D eigenvalue weighted by Gasteiger charge is -2.09. The maximum atomic E-state index is 8.97. The lowest BCUT2D eigenvalue weighted by atomic mass is 10.0. The van der Waals surface area contributed by atoms with Crippen LogP contribution < -0.4 is 0 Å². The molecule has 10 rings (SSSR count). The van der Waals surface area contributed by atoms with Crippen LogP contribution in [0.3, 0.4) is 0 Å². The van der Waals surface area contributed by atoms with Gasteiger partial charge in [0.25, 0.3) is 0 Å². The fourth-order valence-electron chi connectivity index (χ4n) is 6.55. The van der Waals surface area contributed by atoms with Crippen molar-refractivity contribution in [3.63, 3.8) is 0 Å². The second-order valence-electron chi connectivity index (χ2n) is 11.9. The summed E-state index contributed by atoms with van der Waals surface area (Å²) in [5, 5.41) is 1.38. The smallest absolute Gasteiger partial charge is 0.164 e. The zero-order valence-corrected chi connectivity index (χ0v) is 26.2. The molecular formula is C45H28N4O. The Kier molecular flexibility index (Phi) is 4.83. The highest BCUT2D eigenvalue weighted by atomic mass is 16.3. The monoisotopic (exact) mass is 648 g/mol. The Hall–Kier alpha value is -6.85. The Morgan fingerprint density at radius 1 is 0.440 bits per heavy atom. The Morgan fingerprint density at radius 2 is 0.960 bits per heavy atom. The first kappa shape index (κ1) is 21.2. The molecule has 5 nitrogen and oxygen atoms in total. The van der Waals surface area contributed by atoms with Crippen LogP contribution >= 0.6 is 0 Å². The molecule has 5 heteroatoms. The second kappa shape index (κ2) is 11.4. The fraction of sp³-hybridized carbons (Fsp3) is 0. The summed E-state index contributed by atoms with van der Waals surface area (Å²) in [5.41, 5.74) is 5.77. The minimum atomic E-state index is -0.500. The summed E-state index contributed by atoms with van der Waals surface area (Å²) in [4.78, 5) is 14.8. The van der Waals surface area contributed by atoms with E-state index >= 15 is 0 Å². The first-order chi connectivity index (χ1) is 28.1. The van der Waals surface area contributed by atoms with E-state index in [-0.39, 0.29) is 33.9 Å². The third-order valence-electron chi connectivity index (χ3n) is 8.93. The number of furan rings is 1. The molecule has 0 unspecified atom stereocenters. The summed E-state index contributed by atoms with van der Waals surface area (Å²) in [6.07, 6.45) is 0. The summed E-state index contributed by atoms with van der Waals surface area (Å²) >= 11 is 0. The third-order valence-corrected chi connectivity index (χ3v) is 8.93. The molecule has 234 valence electrons. The summed E-state index contributed by atoms with van der Waals surface area (Å²) < 4.78 is 77.4. The number of fused-ring (bicyclic) bond motifs is 6. The van der Waals surface area contributed by atoms with Crippen LogP contribution in [0.1, 0.15) is 11.0 Å². The number of benzene rings is 7. The van der Waals surface area contributed by atoms with Gasteiger partial charge in [-0.15, -0.1) is 0 Å². The number of hydrogen-bond donors (Lipinski definition) is 0. The molecule has 7 aromatic carbocycles. The van der Waals surface area contributed by atoms with Gasteiger partial charge in [0, 0.05) is 38.2 Å². The van der Waals surface area contributed by atoms with E-state index in [4.69, 9.17) is 30.3 Å². The molecule has 0 fully saturated rings. The number of para-hydroxylation sites is 3. The fourth-order valence-corrected chi connectivity index (χ4v) is 6.55. The quantitative estimate of drug-likeness (QED) is 0.186. The van der Waals surface area contributed by atoms with Crippen molar-refractivity contribution in [1.82, 2.24) is 19.5 Å². The molecular weight excluding hydrogens is 613 g/mol. The molecule has 3 aromatic heterocycles. The van der Waals surface area contributed by atoms with Gasteiger partial charge in [0.2, 0.25) is 0 Å². The second-order valence-corrected chi connectivity index (χ2v) is 11.9. The van der Waals surface area contributed by atoms with Crippen molar-refractivity contribution in [3.05, 3.63) is 170 Å². The van der Waals surface area contributed by atoms with Gasteiger partial charge in [0.05, 0.1) is 27.7 Å². The van der Waals surface area contributed by atoms with E-state index in [1.807, 2.05) is 97.1 Å². The van der Waals surface area contributed by atoms with Gasteiger partial charge < -0.3 is 8.98 Å². The molecule has 0 bridgehead atoms. The maximum Gasteiger partial charge on any atom is 0.164 e. The predicted octanol–water partition coefficient (Wildman–Crippen LogP) is 11.5. The number of hydrogen-bond acceptors (Lipinski definition) is 4. The lowest BCUT2D eigenvalue weighted by Crippen LogP contribution is -2.00. The van der Waals surface area contributed by atoms with Crippen molar-refractivity contribution < 1.29 is 15.4 Å². The van der Waals surface area contributed by atoms with Crippen LogP contribution in [-0.2, 0) is 0 Å². The summed E-state index contributed by atoms with van der Waals surface area (Å²) in [6, 6.07) is 35.4. The van der Waals surface area contributed by atoms with E-state index in [9.17, 15) is 0 Å². The Balaban J connectivity index is 1.18. The van der Waals surface area contributed by atoms with Crippen LogP contribution in [0.2, 0.25) is 0 Å². The molecule has 0 spiro atoms. The summed E-state index contributed by atoms with van der Waals surface area (Å²) in [7, 11) is 0. The molecule has 3 heterocycles. The highest BCUT2D eigenvalue weighted by Gasteiger charge is 2.19. The molecule has 0 N–H and O–H groups in total. The van der Waals surface area contributed by atoms with Crippen LogP contribution in [0, 0.1) is 0 Å². The van der Waals surface area contributed by atoms with E-state index in [1.165, 1.54) is 4.57 Å². The van der Waals surface area contributed by atoms with Gasteiger partial charge in [-0.25, -0.2) is 15.0 Å². The van der Waals surface area contributed by atoms with Crippen molar-refractivity contribution in [2.75, 3.05) is 0 Å². The summed E-state index contributed by atoms with van der Waals surface area (Å²) in [6.45, 7) is 0. The van der Waals surface area contributed by atoms with Gasteiger partial charge in [-0.05, 0) is 47.5 Å². The highest BCUT2D eigenvalue weighted by Crippen LogP contribution is 2.39. The average Bonchev–Trinajstić information content (AvgIpc) is 3.83. The first-order valence-electron chi connectivity index (χ1n) is 20.0. The lowest BCUT2D eigenvalue weighted by molar-refractivity contribution is 0.666. The number of nitrogens with zero attached hydrogens (tertiary/aromatic N) is 4. The average molecular weight is 649 g/mol. The Labute approximate surface area is 299 Å². The highest BCUT2D eigenvalue weighted by molar-refractivity contribution is 6.13. The van der Waals surface area contributed by atoms with E-state index in [0.29, 0.717) is 50.7 Å². The first-order valence-corrected chi connectivity index (χ1v) is 16.0. The minimum absolute atomic E-state index is 0.00188. The third kappa shape index (κ3) is 4.60. The zero-order chi connectivity index (χ0) is 40.0. The SMILES string of the molecule is [2H]c1c([2H])c([2H])c2c(c1[2H])c1c([2H])c([2H])c([2H])c([2H])c1n2-c1cccc2c1oc1ccc(-c3nc(-c4ccccc4)nc(-c4ccc(-c5ccccc5)cc4)n3)cc12. The Bertz CT molecular complexity index is 3240. The zero-order valence-electron chi connectivity index (χ0n) is 34.2. The topological polar surface area (TPSA) is 56.7 Å². The van der Waals surface area contributed by atoms with Crippen LogP contribution in [0.15, 0.2) is 174 Å². The van der Waals surface area contributed by atoms with Gasteiger partial charge in [-0.3, -0.25) is 0 Å². The van der Waals surface area contributed by atoms with E-state index in [0.717, 1.165) is 22.3 Å². The van der Waals surface area contributed by atoms with Crippen LogP contribution in [-0.4, -0.2) is 19.5 Å². The minimum Gasteiger partial charge on any atom is -0.454 e. The Morgan fingerprint density at radius 3 is 1.62 bits per heavy atom.